The van der Waals surface area contributed by atoms with Crippen molar-refractivity contribution in [2.45, 2.75) is 433 Å². The summed E-state index contributed by atoms with van der Waals surface area (Å²) in [6.07, 6.45) is 58.1. The predicted molar refractivity (Wildman–Crippen MR) is 405 cm³/mol. The molecule has 0 fully saturated rings. The van der Waals surface area contributed by atoms with Crippen LogP contribution in [0.3, 0.4) is 0 Å². The summed E-state index contributed by atoms with van der Waals surface area (Å²) in [6, 6.07) is 0. The standard InChI is InChI=1S/C80H156O17P2/c1-8-9-10-11-12-13-23-33-40-47-54-61-77(82)90-67-75(97-80(85)64-57-50-43-36-29-22-26-32-39-46-53-60-73(6)7)69-94-98(86,87)92-65-74(81)66-93-99(88,89)95-70-76(68-91-78(83)62-55-48-41-34-27-21-20-25-31-38-45-52-59-72(4)5)96-79(84)63-56-49-42-35-28-19-17-15-14-16-18-24-30-37-44-51-58-71(2)3/h71-76,81H,8-70H2,1-7H3,(H,86,87)(H,88,89)/t74-,75+,76+/m0/s1. The van der Waals surface area contributed by atoms with Gasteiger partial charge in [-0.15, -0.1) is 0 Å². The first-order valence-electron chi connectivity index (χ1n) is 41.3. The van der Waals surface area contributed by atoms with Crippen molar-refractivity contribution >= 4 is 39.5 Å². The first-order valence-corrected chi connectivity index (χ1v) is 44.3. The van der Waals surface area contributed by atoms with Crippen molar-refractivity contribution in [3.05, 3.63) is 0 Å². The second-order valence-corrected chi connectivity index (χ2v) is 33.1. The van der Waals surface area contributed by atoms with Crippen LogP contribution in [-0.2, 0) is 65.4 Å². The zero-order valence-electron chi connectivity index (χ0n) is 65.0. The van der Waals surface area contributed by atoms with Crippen LogP contribution in [0.4, 0.5) is 0 Å². The molecule has 5 atom stereocenters. The third-order valence-corrected chi connectivity index (χ3v) is 20.5. The van der Waals surface area contributed by atoms with Crippen molar-refractivity contribution in [2.24, 2.45) is 17.8 Å². The molecule has 3 N–H and O–H groups in total. The van der Waals surface area contributed by atoms with Gasteiger partial charge in [-0.25, -0.2) is 9.13 Å². The fourth-order valence-electron chi connectivity index (χ4n) is 12.3. The Bertz CT molecular complexity index is 1920. The monoisotopic (exact) mass is 1450 g/mol. The molecule has 0 aromatic rings. The van der Waals surface area contributed by atoms with Gasteiger partial charge in [0.2, 0.25) is 0 Å². The van der Waals surface area contributed by atoms with Crippen molar-refractivity contribution in [3.8, 4) is 0 Å². The summed E-state index contributed by atoms with van der Waals surface area (Å²) in [6.45, 7) is 12.0. The molecule has 0 bridgehead atoms. The molecular weight excluding hydrogens is 1290 g/mol. The van der Waals surface area contributed by atoms with Gasteiger partial charge in [0.15, 0.2) is 12.2 Å². The first-order chi connectivity index (χ1) is 47.7. The van der Waals surface area contributed by atoms with Crippen molar-refractivity contribution in [2.75, 3.05) is 39.6 Å². The smallest absolute Gasteiger partial charge is 0.462 e. The van der Waals surface area contributed by atoms with E-state index in [-0.39, 0.29) is 25.7 Å². The van der Waals surface area contributed by atoms with Crippen LogP contribution in [-0.4, -0.2) is 96.7 Å². The Hall–Kier alpha value is -1.94. The maximum absolute atomic E-state index is 13.1. The van der Waals surface area contributed by atoms with Crippen LogP contribution >= 0.6 is 15.6 Å². The summed E-state index contributed by atoms with van der Waals surface area (Å²) in [5.74, 6) is 0.246. The van der Waals surface area contributed by atoms with Gasteiger partial charge >= 0.3 is 39.5 Å². The molecule has 0 radical (unpaired) electrons. The van der Waals surface area contributed by atoms with E-state index < -0.39 is 97.5 Å². The van der Waals surface area contributed by atoms with E-state index in [2.05, 4.69) is 48.5 Å². The average molecular weight is 1450 g/mol. The lowest BCUT2D eigenvalue weighted by molar-refractivity contribution is -0.161. The molecule has 2 unspecified atom stereocenters. The number of hydrogen-bond acceptors (Lipinski definition) is 15. The van der Waals surface area contributed by atoms with Gasteiger partial charge in [-0.1, -0.05) is 363 Å². The van der Waals surface area contributed by atoms with Gasteiger partial charge in [0, 0.05) is 25.7 Å². The van der Waals surface area contributed by atoms with Gasteiger partial charge in [0.05, 0.1) is 26.4 Å². The molecule has 588 valence electrons. The third kappa shape index (κ3) is 74.1. The van der Waals surface area contributed by atoms with Crippen molar-refractivity contribution in [3.63, 3.8) is 0 Å². The van der Waals surface area contributed by atoms with Crippen LogP contribution in [0.2, 0.25) is 0 Å². The Balaban J connectivity index is 5.25. The van der Waals surface area contributed by atoms with Crippen LogP contribution in [0.15, 0.2) is 0 Å². The summed E-state index contributed by atoms with van der Waals surface area (Å²) in [5, 5.41) is 10.6. The number of hydrogen-bond donors (Lipinski definition) is 3. The van der Waals surface area contributed by atoms with Crippen molar-refractivity contribution in [1.29, 1.82) is 0 Å². The highest BCUT2D eigenvalue weighted by molar-refractivity contribution is 7.47. The zero-order valence-corrected chi connectivity index (χ0v) is 66.8. The fraction of sp³-hybridized carbons (Fsp3) is 0.950. The van der Waals surface area contributed by atoms with E-state index in [1.165, 1.54) is 225 Å². The molecule has 0 amide bonds. The van der Waals surface area contributed by atoms with Gasteiger partial charge < -0.3 is 33.8 Å². The number of aliphatic hydroxyl groups is 1. The van der Waals surface area contributed by atoms with Crippen LogP contribution in [0.1, 0.15) is 414 Å². The summed E-state index contributed by atoms with van der Waals surface area (Å²) in [7, 11) is -9.92. The Labute approximate surface area is 607 Å². The number of unbranched alkanes of at least 4 members (excludes halogenated alkanes) is 46. The predicted octanol–water partition coefficient (Wildman–Crippen LogP) is 23.7. The molecule has 0 aliphatic heterocycles. The number of carbonyl (C=O) groups is 4. The van der Waals surface area contributed by atoms with Crippen LogP contribution in [0, 0.1) is 17.8 Å². The molecule has 0 heterocycles. The highest BCUT2D eigenvalue weighted by Crippen LogP contribution is 2.45. The lowest BCUT2D eigenvalue weighted by atomic mass is 10.0. The van der Waals surface area contributed by atoms with E-state index >= 15 is 0 Å². The van der Waals surface area contributed by atoms with E-state index in [0.29, 0.717) is 25.7 Å². The van der Waals surface area contributed by atoms with E-state index in [1.54, 1.807) is 0 Å². The molecule has 0 rings (SSSR count). The Morgan fingerprint density at radius 2 is 0.465 bits per heavy atom. The van der Waals surface area contributed by atoms with Gasteiger partial charge in [0.25, 0.3) is 0 Å². The zero-order chi connectivity index (χ0) is 73.0. The Morgan fingerprint density at radius 1 is 0.273 bits per heavy atom. The molecule has 0 aromatic carbocycles. The van der Waals surface area contributed by atoms with Crippen molar-refractivity contribution < 1.29 is 80.2 Å². The molecule has 0 aromatic heterocycles. The number of esters is 4. The van der Waals surface area contributed by atoms with Gasteiger partial charge in [-0.05, 0) is 43.4 Å². The van der Waals surface area contributed by atoms with Crippen LogP contribution < -0.4 is 0 Å². The van der Waals surface area contributed by atoms with Crippen molar-refractivity contribution in [1.82, 2.24) is 0 Å². The molecule has 0 aliphatic rings. The highest BCUT2D eigenvalue weighted by atomic mass is 31.2. The molecular formula is C80H156O17P2. The minimum Gasteiger partial charge on any atom is -0.462 e. The van der Waals surface area contributed by atoms with E-state index in [4.69, 9.17) is 37.0 Å². The summed E-state index contributed by atoms with van der Waals surface area (Å²) < 4.78 is 68.7. The number of aliphatic hydroxyl groups excluding tert-OH is 1. The molecule has 0 spiro atoms. The quantitative estimate of drug-likeness (QED) is 0.0222. The second-order valence-electron chi connectivity index (χ2n) is 30.2. The second kappa shape index (κ2) is 70.4. The summed E-state index contributed by atoms with van der Waals surface area (Å²) in [4.78, 5) is 73.0. The summed E-state index contributed by atoms with van der Waals surface area (Å²) >= 11 is 0. The lowest BCUT2D eigenvalue weighted by Crippen LogP contribution is -2.30. The first kappa shape index (κ1) is 97.1. The van der Waals surface area contributed by atoms with Crippen LogP contribution in [0.25, 0.3) is 0 Å². The largest absolute Gasteiger partial charge is 0.472 e. The average Bonchev–Trinajstić information content (AvgIpc) is 1.01. The van der Waals surface area contributed by atoms with Gasteiger partial charge in [-0.2, -0.15) is 0 Å². The summed E-state index contributed by atoms with van der Waals surface area (Å²) in [5.41, 5.74) is 0. The number of phosphoric acid groups is 2. The Morgan fingerprint density at radius 3 is 0.687 bits per heavy atom. The number of phosphoric ester groups is 2. The highest BCUT2D eigenvalue weighted by Gasteiger charge is 2.30. The molecule has 17 nitrogen and oxygen atoms in total. The molecule has 0 saturated carbocycles. The van der Waals surface area contributed by atoms with Gasteiger partial charge in [-0.3, -0.25) is 37.3 Å². The van der Waals surface area contributed by atoms with E-state index in [0.717, 1.165) is 108 Å². The minimum atomic E-state index is -4.96. The SMILES string of the molecule is CCCCCCCCCCCCCC(=O)OC[C@H](COP(=O)(O)OC[C@H](O)COP(=O)(O)OC[C@@H](COC(=O)CCCCCCCCCCCCCCC(C)C)OC(=O)CCCCCCCCCCCCCCCCCCC(C)C)OC(=O)CCCCCCCCCCCCCC(C)C. The van der Waals surface area contributed by atoms with Gasteiger partial charge in [0.1, 0.15) is 19.3 Å². The molecule has 0 saturated heterocycles. The van der Waals surface area contributed by atoms with Crippen LogP contribution in [0.5, 0.6) is 0 Å². The number of carbonyl (C=O) groups excluding carboxylic acids is 4. The third-order valence-electron chi connectivity index (χ3n) is 18.6. The maximum atomic E-state index is 13.1. The maximum Gasteiger partial charge on any atom is 0.472 e. The molecule has 19 heteroatoms. The van der Waals surface area contributed by atoms with E-state index in [9.17, 15) is 43.2 Å². The van der Waals surface area contributed by atoms with E-state index in [1.807, 2.05) is 0 Å². The molecule has 99 heavy (non-hydrogen) atoms. The Kier molecular flexibility index (Phi) is 69.0. The topological polar surface area (TPSA) is 237 Å². The minimum absolute atomic E-state index is 0.107. The normalized spacial score (nSPS) is 14.0. The number of ether oxygens (including phenoxy) is 4. The lowest BCUT2D eigenvalue weighted by Gasteiger charge is -2.21. The number of rotatable bonds is 78. The fourth-order valence-corrected chi connectivity index (χ4v) is 13.9. The molecule has 0 aliphatic carbocycles.